The van der Waals surface area contributed by atoms with Crippen LogP contribution in [0.15, 0.2) is 72.8 Å². The van der Waals surface area contributed by atoms with Crippen LogP contribution in [0, 0.1) is 0 Å². The van der Waals surface area contributed by atoms with Crippen molar-refractivity contribution >= 4 is 12.1 Å². The molecule has 2 aliphatic rings. The van der Waals surface area contributed by atoms with E-state index in [-0.39, 0.29) is 18.9 Å². The van der Waals surface area contributed by atoms with Gasteiger partial charge in [-0.3, -0.25) is 4.90 Å². The Hall–Kier alpha value is -3.68. The molecule has 2 N–H and O–H groups in total. The number of alkyl carbamates (subject to hydrolysis) is 1. The van der Waals surface area contributed by atoms with E-state index in [0.29, 0.717) is 0 Å². The molecule has 1 heterocycles. The zero-order valence-electron chi connectivity index (χ0n) is 20.1. The van der Waals surface area contributed by atoms with Gasteiger partial charge in [-0.15, -0.1) is 0 Å². The maximum absolute atomic E-state index is 12.6. The Morgan fingerprint density at radius 1 is 0.917 bits per heavy atom. The fraction of sp³-hybridized carbons (Fsp3) is 0.310. The van der Waals surface area contributed by atoms with Crippen LogP contribution in [0.25, 0.3) is 11.1 Å². The SMILES string of the molecule is O=C(N[C@@H](Cc1ccc(CN2CCOCC2)cc1)C(=O)O)OCC1c2ccccc2-c2ccccc21. The van der Waals surface area contributed by atoms with E-state index in [1.165, 1.54) is 0 Å². The number of morpholine rings is 1. The predicted molar refractivity (Wildman–Crippen MR) is 136 cm³/mol. The summed E-state index contributed by atoms with van der Waals surface area (Å²) in [4.78, 5) is 26.8. The molecular formula is C29H30N2O5. The quantitative estimate of drug-likeness (QED) is 0.500. The second kappa shape index (κ2) is 10.9. The molecule has 0 spiro atoms. The topological polar surface area (TPSA) is 88.1 Å². The van der Waals surface area contributed by atoms with Crippen molar-refractivity contribution in [2.45, 2.75) is 24.9 Å². The third kappa shape index (κ3) is 5.42. The number of carboxylic acid groups (broad SMARTS) is 1. The third-order valence-electron chi connectivity index (χ3n) is 6.91. The summed E-state index contributed by atoms with van der Waals surface area (Å²) in [6, 6.07) is 23.0. The molecule has 1 saturated heterocycles. The Balaban J connectivity index is 1.18. The molecule has 5 rings (SSSR count). The van der Waals surface area contributed by atoms with Crippen LogP contribution in [-0.4, -0.2) is 61.0 Å². The number of nitrogens with zero attached hydrogens (tertiary/aromatic N) is 1. The Labute approximate surface area is 210 Å². The van der Waals surface area contributed by atoms with E-state index in [0.717, 1.165) is 66.2 Å². The van der Waals surface area contributed by atoms with E-state index < -0.39 is 18.1 Å². The van der Waals surface area contributed by atoms with Crippen LogP contribution < -0.4 is 5.32 Å². The summed E-state index contributed by atoms with van der Waals surface area (Å²) in [5.41, 5.74) is 6.51. The van der Waals surface area contributed by atoms with Crippen molar-refractivity contribution in [3.63, 3.8) is 0 Å². The molecule has 1 aliphatic carbocycles. The van der Waals surface area contributed by atoms with Gasteiger partial charge in [0.25, 0.3) is 0 Å². The van der Waals surface area contributed by atoms with Crippen LogP contribution in [0.4, 0.5) is 4.79 Å². The second-order valence-corrected chi connectivity index (χ2v) is 9.27. The van der Waals surface area contributed by atoms with Crippen molar-refractivity contribution in [3.05, 3.63) is 95.1 Å². The van der Waals surface area contributed by atoms with E-state index in [4.69, 9.17) is 9.47 Å². The molecule has 0 unspecified atom stereocenters. The van der Waals surface area contributed by atoms with Gasteiger partial charge in [0.05, 0.1) is 13.2 Å². The lowest BCUT2D eigenvalue weighted by atomic mass is 9.98. The molecule has 36 heavy (non-hydrogen) atoms. The van der Waals surface area contributed by atoms with Crippen molar-refractivity contribution in [2.24, 2.45) is 0 Å². The number of ether oxygens (including phenoxy) is 2. The summed E-state index contributed by atoms with van der Waals surface area (Å²) < 4.78 is 10.9. The van der Waals surface area contributed by atoms with Gasteiger partial charge in [0.15, 0.2) is 0 Å². The average molecular weight is 487 g/mol. The number of aliphatic carboxylic acids is 1. The minimum atomic E-state index is -1.10. The van der Waals surface area contributed by atoms with Crippen molar-refractivity contribution in [3.8, 4) is 11.1 Å². The number of rotatable bonds is 8. The van der Waals surface area contributed by atoms with Gasteiger partial charge in [0, 0.05) is 32.0 Å². The van der Waals surface area contributed by atoms with Crippen LogP contribution in [0.5, 0.6) is 0 Å². The molecule has 3 aromatic rings. The lowest BCUT2D eigenvalue weighted by molar-refractivity contribution is -0.139. The fourth-order valence-electron chi connectivity index (χ4n) is 5.02. The first-order valence-electron chi connectivity index (χ1n) is 12.3. The number of fused-ring (bicyclic) bond motifs is 3. The van der Waals surface area contributed by atoms with Crippen LogP contribution in [-0.2, 0) is 27.2 Å². The number of nitrogens with one attached hydrogen (secondary N) is 1. The van der Waals surface area contributed by atoms with Gasteiger partial charge in [-0.25, -0.2) is 9.59 Å². The number of hydrogen-bond acceptors (Lipinski definition) is 5. The van der Waals surface area contributed by atoms with E-state index in [1.54, 1.807) is 0 Å². The molecule has 1 fully saturated rings. The summed E-state index contributed by atoms with van der Waals surface area (Å²) in [5, 5.41) is 12.2. The molecule has 1 aliphatic heterocycles. The summed E-state index contributed by atoms with van der Waals surface area (Å²) >= 11 is 0. The fourth-order valence-corrected chi connectivity index (χ4v) is 5.02. The molecule has 0 radical (unpaired) electrons. The second-order valence-electron chi connectivity index (χ2n) is 9.27. The first-order valence-corrected chi connectivity index (χ1v) is 12.3. The molecule has 1 amide bonds. The Bertz CT molecular complexity index is 1170. The molecule has 7 heteroatoms. The maximum Gasteiger partial charge on any atom is 0.407 e. The Morgan fingerprint density at radius 3 is 2.11 bits per heavy atom. The average Bonchev–Trinajstić information content (AvgIpc) is 3.22. The highest BCUT2D eigenvalue weighted by Gasteiger charge is 2.29. The minimum absolute atomic E-state index is 0.0783. The highest BCUT2D eigenvalue weighted by Crippen LogP contribution is 2.44. The van der Waals surface area contributed by atoms with Gasteiger partial charge in [-0.1, -0.05) is 72.8 Å². The van der Waals surface area contributed by atoms with Gasteiger partial charge in [-0.2, -0.15) is 0 Å². The van der Waals surface area contributed by atoms with E-state index in [1.807, 2.05) is 60.7 Å². The summed E-state index contributed by atoms with van der Waals surface area (Å²) in [6.07, 6.45) is -0.551. The van der Waals surface area contributed by atoms with Crippen molar-refractivity contribution in [1.29, 1.82) is 0 Å². The van der Waals surface area contributed by atoms with Crippen LogP contribution >= 0.6 is 0 Å². The first kappa shape index (κ1) is 24.0. The van der Waals surface area contributed by atoms with Crippen LogP contribution in [0.3, 0.4) is 0 Å². The maximum atomic E-state index is 12.6. The molecule has 3 aromatic carbocycles. The van der Waals surface area contributed by atoms with E-state index >= 15 is 0 Å². The number of carbonyl (C=O) groups is 2. The lowest BCUT2D eigenvalue weighted by Crippen LogP contribution is -2.42. The molecule has 1 atom stereocenters. The molecular weight excluding hydrogens is 456 g/mol. The van der Waals surface area contributed by atoms with Crippen molar-refractivity contribution in [1.82, 2.24) is 10.2 Å². The number of hydrogen-bond donors (Lipinski definition) is 2. The third-order valence-corrected chi connectivity index (χ3v) is 6.91. The number of benzene rings is 3. The predicted octanol–water partition coefficient (Wildman–Crippen LogP) is 4.05. The smallest absolute Gasteiger partial charge is 0.407 e. The lowest BCUT2D eigenvalue weighted by Gasteiger charge is -2.26. The molecule has 186 valence electrons. The van der Waals surface area contributed by atoms with Crippen LogP contribution in [0.1, 0.15) is 28.2 Å². The number of carboxylic acids is 1. The monoisotopic (exact) mass is 486 g/mol. The zero-order chi connectivity index (χ0) is 24.9. The van der Waals surface area contributed by atoms with Crippen LogP contribution in [0.2, 0.25) is 0 Å². The number of amides is 1. The Kier molecular flexibility index (Phi) is 7.30. The number of carbonyl (C=O) groups excluding carboxylic acids is 1. The highest BCUT2D eigenvalue weighted by atomic mass is 16.5. The van der Waals surface area contributed by atoms with Crippen molar-refractivity contribution < 1.29 is 24.2 Å². The minimum Gasteiger partial charge on any atom is -0.480 e. The summed E-state index contributed by atoms with van der Waals surface area (Å²) in [7, 11) is 0. The zero-order valence-corrected chi connectivity index (χ0v) is 20.1. The van der Waals surface area contributed by atoms with Crippen molar-refractivity contribution in [2.75, 3.05) is 32.9 Å². The summed E-state index contributed by atoms with van der Waals surface area (Å²) in [5.74, 6) is -1.17. The van der Waals surface area contributed by atoms with Gasteiger partial charge in [0.1, 0.15) is 12.6 Å². The molecule has 7 nitrogen and oxygen atoms in total. The van der Waals surface area contributed by atoms with Gasteiger partial charge in [0.2, 0.25) is 0 Å². The summed E-state index contributed by atoms with van der Waals surface area (Å²) in [6.45, 7) is 4.30. The van der Waals surface area contributed by atoms with E-state index in [9.17, 15) is 14.7 Å². The van der Waals surface area contributed by atoms with Gasteiger partial charge < -0.3 is 19.9 Å². The standard InChI is InChI=1S/C29H30N2O5/c32-28(33)27(17-20-9-11-21(12-10-20)18-31-13-15-35-16-14-31)30-29(34)36-19-26-24-7-3-1-5-22(24)23-6-2-4-8-25(23)26/h1-12,26-27H,13-19H2,(H,30,34)(H,32,33)/t27-/m0/s1. The molecule has 0 saturated carbocycles. The van der Waals surface area contributed by atoms with Gasteiger partial charge >= 0.3 is 12.1 Å². The largest absolute Gasteiger partial charge is 0.480 e. The normalized spacial score (nSPS) is 16.1. The van der Waals surface area contributed by atoms with E-state index in [2.05, 4.69) is 22.3 Å². The molecule has 0 bridgehead atoms. The van der Waals surface area contributed by atoms with Gasteiger partial charge in [-0.05, 0) is 33.4 Å². The molecule has 0 aromatic heterocycles. The first-order chi connectivity index (χ1) is 17.6. The highest BCUT2D eigenvalue weighted by molar-refractivity contribution is 5.81. The Morgan fingerprint density at radius 2 is 1.50 bits per heavy atom.